The van der Waals surface area contributed by atoms with E-state index in [1.54, 1.807) is 0 Å². The van der Waals surface area contributed by atoms with E-state index < -0.39 is 23.1 Å². The van der Waals surface area contributed by atoms with Gasteiger partial charge in [0, 0.05) is 6.20 Å². The molecule has 1 aliphatic carbocycles. The molecular weight excluding hydrogens is 235 g/mol. The number of hydrogen-bond donors (Lipinski definition) is 1. The predicted molar refractivity (Wildman–Crippen MR) is 52.4 cm³/mol. The highest BCUT2D eigenvalue weighted by Gasteiger charge is 2.51. The molecule has 0 radical (unpaired) electrons. The van der Waals surface area contributed by atoms with Crippen LogP contribution in [0.1, 0.15) is 30.5 Å². The van der Waals surface area contributed by atoms with Crippen LogP contribution in [0.3, 0.4) is 0 Å². The molecule has 17 heavy (non-hydrogen) atoms. The number of rotatable bonds is 2. The molecule has 0 amide bonds. The van der Waals surface area contributed by atoms with Gasteiger partial charge < -0.3 is 5.11 Å². The van der Waals surface area contributed by atoms with Crippen LogP contribution < -0.4 is 0 Å². The smallest absolute Gasteiger partial charge is 0.418 e. The molecule has 6 heteroatoms. The highest BCUT2D eigenvalue weighted by atomic mass is 19.4. The maximum absolute atomic E-state index is 12.8. The lowest BCUT2D eigenvalue weighted by atomic mass is 9.65. The molecule has 0 unspecified atom stereocenters. The fourth-order valence-corrected chi connectivity index (χ4v) is 2.10. The molecule has 0 spiro atoms. The first-order valence-electron chi connectivity index (χ1n) is 5.14. The summed E-state index contributed by atoms with van der Waals surface area (Å²) < 4.78 is 38.3. The molecule has 0 aromatic carbocycles. The Hall–Kier alpha value is -1.59. The third kappa shape index (κ3) is 1.77. The van der Waals surface area contributed by atoms with Gasteiger partial charge in [-0.3, -0.25) is 9.78 Å². The van der Waals surface area contributed by atoms with Gasteiger partial charge in [0.1, 0.15) is 5.41 Å². The van der Waals surface area contributed by atoms with Crippen LogP contribution in [0, 0.1) is 0 Å². The molecule has 1 fully saturated rings. The lowest BCUT2D eigenvalue weighted by Crippen LogP contribution is -2.44. The van der Waals surface area contributed by atoms with Crippen LogP contribution in [0.4, 0.5) is 13.2 Å². The van der Waals surface area contributed by atoms with Crippen molar-refractivity contribution in [3.05, 3.63) is 29.6 Å². The average molecular weight is 245 g/mol. The SMILES string of the molecule is O=C(O)C1(c2ncccc2C(F)(F)F)CCC1. The normalized spacial score (nSPS) is 18.5. The second-order valence-electron chi connectivity index (χ2n) is 4.14. The van der Waals surface area contributed by atoms with Gasteiger partial charge in [-0.05, 0) is 25.0 Å². The van der Waals surface area contributed by atoms with Crippen LogP contribution in [-0.2, 0) is 16.4 Å². The average Bonchev–Trinajstić information content (AvgIpc) is 2.14. The maximum atomic E-state index is 12.8. The molecular formula is C11H10F3NO2. The van der Waals surface area contributed by atoms with Crippen LogP contribution in [0.5, 0.6) is 0 Å². The number of nitrogens with zero attached hydrogens (tertiary/aromatic N) is 1. The molecule has 0 aliphatic heterocycles. The maximum Gasteiger partial charge on any atom is 0.418 e. The molecule has 1 heterocycles. The first kappa shape index (κ1) is 11.9. The Kier molecular flexibility index (Phi) is 2.60. The van der Waals surface area contributed by atoms with E-state index in [-0.39, 0.29) is 18.5 Å². The summed E-state index contributed by atoms with van der Waals surface area (Å²) in [6.07, 6.45) is -2.33. The number of pyridine rings is 1. The Labute approximate surface area is 95.3 Å². The van der Waals surface area contributed by atoms with Gasteiger partial charge in [-0.1, -0.05) is 6.42 Å². The summed E-state index contributed by atoms with van der Waals surface area (Å²) in [5, 5.41) is 9.12. The van der Waals surface area contributed by atoms with Crippen LogP contribution in [-0.4, -0.2) is 16.1 Å². The summed E-state index contributed by atoms with van der Waals surface area (Å²) in [7, 11) is 0. The zero-order valence-electron chi connectivity index (χ0n) is 8.79. The van der Waals surface area contributed by atoms with Crippen LogP contribution in [0.25, 0.3) is 0 Å². The van der Waals surface area contributed by atoms with E-state index in [2.05, 4.69) is 4.98 Å². The van der Waals surface area contributed by atoms with Gasteiger partial charge in [-0.2, -0.15) is 13.2 Å². The summed E-state index contributed by atoms with van der Waals surface area (Å²) in [6, 6.07) is 2.05. The number of hydrogen-bond acceptors (Lipinski definition) is 2. The number of aliphatic carboxylic acids is 1. The largest absolute Gasteiger partial charge is 0.481 e. The zero-order valence-corrected chi connectivity index (χ0v) is 8.79. The molecule has 0 atom stereocenters. The molecule has 1 saturated carbocycles. The Morgan fingerprint density at radius 1 is 1.41 bits per heavy atom. The second-order valence-corrected chi connectivity index (χ2v) is 4.14. The molecule has 3 nitrogen and oxygen atoms in total. The van der Waals surface area contributed by atoms with Gasteiger partial charge in [0.05, 0.1) is 11.3 Å². The van der Waals surface area contributed by atoms with Crippen molar-refractivity contribution in [1.82, 2.24) is 4.98 Å². The summed E-state index contributed by atoms with van der Waals surface area (Å²) in [5.41, 5.74) is -2.75. The topological polar surface area (TPSA) is 50.2 Å². The molecule has 1 aliphatic rings. The highest BCUT2D eigenvalue weighted by molar-refractivity contribution is 5.82. The van der Waals surface area contributed by atoms with Crippen molar-refractivity contribution in [2.75, 3.05) is 0 Å². The van der Waals surface area contributed by atoms with Crippen molar-refractivity contribution in [3.8, 4) is 0 Å². The second kappa shape index (κ2) is 3.72. The zero-order chi connectivity index (χ0) is 12.7. The monoisotopic (exact) mass is 245 g/mol. The third-order valence-electron chi connectivity index (χ3n) is 3.18. The van der Waals surface area contributed by atoms with E-state index in [9.17, 15) is 18.0 Å². The Bertz CT molecular complexity index is 452. The van der Waals surface area contributed by atoms with E-state index in [4.69, 9.17) is 5.11 Å². The molecule has 1 N–H and O–H groups in total. The fraction of sp³-hybridized carbons (Fsp3) is 0.455. The van der Waals surface area contributed by atoms with E-state index in [1.165, 1.54) is 12.3 Å². The molecule has 0 bridgehead atoms. The number of carbonyl (C=O) groups is 1. The van der Waals surface area contributed by atoms with Gasteiger partial charge in [-0.15, -0.1) is 0 Å². The Morgan fingerprint density at radius 2 is 2.06 bits per heavy atom. The molecule has 1 aromatic rings. The molecule has 1 aromatic heterocycles. The van der Waals surface area contributed by atoms with Crippen molar-refractivity contribution < 1.29 is 23.1 Å². The Morgan fingerprint density at radius 3 is 2.47 bits per heavy atom. The minimum atomic E-state index is -4.57. The first-order valence-corrected chi connectivity index (χ1v) is 5.14. The number of alkyl halides is 3. The minimum Gasteiger partial charge on any atom is -0.481 e. The summed E-state index contributed by atoms with van der Waals surface area (Å²) in [4.78, 5) is 14.8. The predicted octanol–water partition coefficient (Wildman–Crippen LogP) is 2.61. The van der Waals surface area contributed by atoms with Crippen LogP contribution in [0.15, 0.2) is 18.3 Å². The number of carboxylic acid groups (broad SMARTS) is 1. The highest BCUT2D eigenvalue weighted by Crippen LogP contribution is 2.47. The number of aromatic nitrogens is 1. The van der Waals surface area contributed by atoms with Crippen molar-refractivity contribution in [2.24, 2.45) is 0 Å². The van der Waals surface area contributed by atoms with E-state index in [1.807, 2.05) is 0 Å². The lowest BCUT2D eigenvalue weighted by molar-refractivity contribution is -0.150. The van der Waals surface area contributed by atoms with E-state index in [0.29, 0.717) is 6.42 Å². The number of carboxylic acids is 1. The quantitative estimate of drug-likeness (QED) is 0.871. The van der Waals surface area contributed by atoms with E-state index in [0.717, 1.165) is 6.07 Å². The standard InChI is InChI=1S/C11H10F3NO2/c12-11(13,14)7-3-1-6-15-8(7)10(9(16)17)4-2-5-10/h1,3,6H,2,4-5H2,(H,16,17). The Balaban J connectivity index is 2.56. The summed E-state index contributed by atoms with van der Waals surface area (Å²) in [6.45, 7) is 0. The minimum absolute atomic E-state index is 0.211. The van der Waals surface area contributed by atoms with Crippen LogP contribution in [0.2, 0.25) is 0 Å². The first-order chi connectivity index (χ1) is 7.88. The fourth-order valence-electron chi connectivity index (χ4n) is 2.10. The summed E-state index contributed by atoms with van der Waals surface area (Å²) >= 11 is 0. The van der Waals surface area contributed by atoms with Gasteiger partial charge in [0.15, 0.2) is 0 Å². The van der Waals surface area contributed by atoms with Crippen molar-refractivity contribution in [3.63, 3.8) is 0 Å². The van der Waals surface area contributed by atoms with Crippen molar-refractivity contribution >= 4 is 5.97 Å². The van der Waals surface area contributed by atoms with Gasteiger partial charge in [0.25, 0.3) is 0 Å². The van der Waals surface area contributed by atoms with Gasteiger partial charge in [0.2, 0.25) is 0 Å². The number of halogens is 3. The molecule has 0 saturated heterocycles. The van der Waals surface area contributed by atoms with Crippen LogP contribution >= 0.6 is 0 Å². The van der Waals surface area contributed by atoms with Gasteiger partial charge >= 0.3 is 12.1 Å². The summed E-state index contributed by atoms with van der Waals surface area (Å²) in [5.74, 6) is -1.23. The van der Waals surface area contributed by atoms with E-state index >= 15 is 0 Å². The molecule has 2 rings (SSSR count). The third-order valence-corrected chi connectivity index (χ3v) is 3.18. The van der Waals surface area contributed by atoms with Crippen molar-refractivity contribution in [1.29, 1.82) is 0 Å². The molecule has 92 valence electrons. The van der Waals surface area contributed by atoms with Gasteiger partial charge in [-0.25, -0.2) is 0 Å². The lowest BCUT2D eigenvalue weighted by Gasteiger charge is -2.38. The van der Waals surface area contributed by atoms with Crippen molar-refractivity contribution in [2.45, 2.75) is 30.9 Å².